The van der Waals surface area contributed by atoms with Crippen LogP contribution in [0, 0.1) is 5.92 Å². The van der Waals surface area contributed by atoms with Crippen molar-refractivity contribution in [2.75, 3.05) is 32.7 Å². The van der Waals surface area contributed by atoms with Gasteiger partial charge in [-0.15, -0.1) is 0 Å². The smallest absolute Gasteiger partial charge is 0.166 e. The Morgan fingerprint density at radius 1 is 0.733 bits per heavy atom. The second-order valence-corrected chi connectivity index (χ2v) is 8.19. The van der Waals surface area contributed by atoms with E-state index in [1.165, 1.54) is 11.1 Å². The van der Waals surface area contributed by atoms with Crippen LogP contribution in [-0.2, 0) is 0 Å². The molecule has 0 aromatic heterocycles. The molecule has 0 spiro atoms. The Labute approximate surface area is 180 Å². The molecule has 0 saturated carbocycles. The Hall–Kier alpha value is -2.75. The maximum Gasteiger partial charge on any atom is 0.166 e. The lowest BCUT2D eigenvalue weighted by atomic mass is 9.96. The van der Waals surface area contributed by atoms with Crippen molar-refractivity contribution in [2.24, 2.45) is 5.92 Å². The zero-order chi connectivity index (χ0) is 20.8. The van der Waals surface area contributed by atoms with Crippen LogP contribution in [0.5, 0.6) is 0 Å². The van der Waals surface area contributed by atoms with Gasteiger partial charge < -0.3 is 4.90 Å². The summed E-state index contributed by atoms with van der Waals surface area (Å²) in [5, 5.41) is 0. The van der Waals surface area contributed by atoms with E-state index >= 15 is 0 Å². The molecule has 0 aliphatic carbocycles. The van der Waals surface area contributed by atoms with Gasteiger partial charge in [-0.25, -0.2) is 0 Å². The van der Waals surface area contributed by atoms with Crippen LogP contribution in [0.1, 0.15) is 34.5 Å². The molecule has 1 unspecified atom stereocenters. The van der Waals surface area contributed by atoms with Crippen LogP contribution >= 0.6 is 0 Å². The molecule has 4 rings (SSSR count). The number of benzene rings is 3. The average molecular weight is 399 g/mol. The van der Waals surface area contributed by atoms with Gasteiger partial charge in [0.1, 0.15) is 0 Å². The van der Waals surface area contributed by atoms with Gasteiger partial charge >= 0.3 is 0 Å². The molecule has 3 aromatic rings. The van der Waals surface area contributed by atoms with Gasteiger partial charge in [-0.05, 0) is 11.1 Å². The number of piperazine rings is 1. The van der Waals surface area contributed by atoms with Crippen LogP contribution in [0.4, 0.5) is 0 Å². The molecule has 0 radical (unpaired) electrons. The Bertz CT molecular complexity index is 879. The van der Waals surface area contributed by atoms with Crippen molar-refractivity contribution in [3.05, 3.63) is 108 Å². The summed E-state index contributed by atoms with van der Waals surface area (Å²) in [6.45, 7) is 6.86. The van der Waals surface area contributed by atoms with Crippen molar-refractivity contribution in [3.8, 4) is 0 Å². The molecule has 1 fully saturated rings. The predicted molar refractivity (Wildman–Crippen MR) is 123 cm³/mol. The molecule has 0 amide bonds. The number of carbonyl (C=O) groups is 1. The number of hydrogen-bond donors (Lipinski definition) is 0. The third-order valence-corrected chi connectivity index (χ3v) is 6.04. The van der Waals surface area contributed by atoms with Gasteiger partial charge in [0.25, 0.3) is 0 Å². The minimum atomic E-state index is 0.0120. The normalized spacial score (nSPS) is 16.5. The van der Waals surface area contributed by atoms with Crippen molar-refractivity contribution in [1.82, 2.24) is 9.80 Å². The molecule has 3 aromatic carbocycles. The largest absolute Gasteiger partial charge is 0.300 e. The van der Waals surface area contributed by atoms with E-state index in [9.17, 15) is 4.79 Å². The molecule has 30 heavy (non-hydrogen) atoms. The zero-order valence-corrected chi connectivity index (χ0v) is 17.7. The van der Waals surface area contributed by atoms with Crippen molar-refractivity contribution >= 4 is 5.78 Å². The van der Waals surface area contributed by atoms with E-state index in [4.69, 9.17) is 0 Å². The Balaban J connectivity index is 1.40. The van der Waals surface area contributed by atoms with Crippen LogP contribution in [0.2, 0.25) is 0 Å². The van der Waals surface area contributed by atoms with Crippen molar-refractivity contribution in [2.45, 2.75) is 13.0 Å². The predicted octanol–water partition coefficient (Wildman–Crippen LogP) is 4.91. The first-order chi connectivity index (χ1) is 14.7. The van der Waals surface area contributed by atoms with Crippen molar-refractivity contribution < 1.29 is 4.79 Å². The molecular weight excluding hydrogens is 368 g/mol. The number of Topliss-reactive ketones (excluding diaryl/α,β-unsaturated/α-hetero) is 1. The zero-order valence-electron chi connectivity index (χ0n) is 17.7. The van der Waals surface area contributed by atoms with Gasteiger partial charge in [0, 0.05) is 44.2 Å². The highest BCUT2D eigenvalue weighted by Crippen LogP contribution is 2.29. The molecule has 154 valence electrons. The molecule has 1 aliphatic rings. The van der Waals surface area contributed by atoms with Crippen LogP contribution < -0.4 is 0 Å². The third-order valence-electron chi connectivity index (χ3n) is 6.04. The first-order valence-corrected chi connectivity index (χ1v) is 10.9. The molecule has 0 N–H and O–H groups in total. The average Bonchev–Trinajstić information content (AvgIpc) is 2.82. The van der Waals surface area contributed by atoms with E-state index in [0.717, 1.165) is 38.3 Å². The summed E-state index contributed by atoms with van der Waals surface area (Å²) < 4.78 is 0. The summed E-state index contributed by atoms with van der Waals surface area (Å²) in [7, 11) is 0. The fourth-order valence-corrected chi connectivity index (χ4v) is 4.45. The Morgan fingerprint density at radius 3 is 1.70 bits per heavy atom. The number of hydrogen-bond acceptors (Lipinski definition) is 3. The molecule has 1 heterocycles. The lowest BCUT2D eigenvalue weighted by Gasteiger charge is -2.40. The van der Waals surface area contributed by atoms with E-state index in [1.807, 2.05) is 30.3 Å². The summed E-state index contributed by atoms with van der Waals surface area (Å²) >= 11 is 0. The second-order valence-electron chi connectivity index (χ2n) is 8.19. The minimum Gasteiger partial charge on any atom is -0.300 e. The number of rotatable bonds is 7. The van der Waals surface area contributed by atoms with E-state index in [1.54, 1.807) is 0 Å². The topological polar surface area (TPSA) is 23.6 Å². The molecule has 1 atom stereocenters. The van der Waals surface area contributed by atoms with Gasteiger partial charge in [0.2, 0.25) is 0 Å². The summed E-state index contributed by atoms with van der Waals surface area (Å²) in [5.41, 5.74) is 3.49. The summed E-state index contributed by atoms with van der Waals surface area (Å²) in [6.07, 6.45) is 0. The summed E-state index contributed by atoms with van der Waals surface area (Å²) in [4.78, 5) is 17.7. The van der Waals surface area contributed by atoms with Crippen LogP contribution in [-0.4, -0.2) is 48.3 Å². The Kier molecular flexibility index (Phi) is 6.73. The lowest BCUT2D eigenvalue weighted by molar-refractivity contribution is 0.0790. The van der Waals surface area contributed by atoms with E-state index < -0.39 is 0 Å². The highest BCUT2D eigenvalue weighted by molar-refractivity contribution is 5.97. The first kappa shape index (κ1) is 20.5. The highest BCUT2D eigenvalue weighted by atomic mass is 16.1. The standard InChI is InChI=1S/C27H30N2O/c1-22(27(30)25-15-9-4-10-16-25)21-28-17-19-29(20-18-28)26(23-11-5-2-6-12-23)24-13-7-3-8-14-24/h2-16,22,26H,17-21H2,1H3. The number of carbonyl (C=O) groups excluding carboxylic acids is 1. The maximum atomic E-state index is 12.7. The second kappa shape index (κ2) is 9.84. The first-order valence-electron chi connectivity index (χ1n) is 10.9. The quantitative estimate of drug-likeness (QED) is 0.528. The third kappa shape index (κ3) is 4.86. The van der Waals surface area contributed by atoms with Gasteiger partial charge in [0.05, 0.1) is 6.04 Å². The fraction of sp³-hybridized carbons (Fsp3) is 0.296. The molecule has 1 saturated heterocycles. The van der Waals surface area contributed by atoms with Crippen molar-refractivity contribution in [3.63, 3.8) is 0 Å². The van der Waals surface area contributed by atoms with E-state index in [2.05, 4.69) is 77.4 Å². The van der Waals surface area contributed by atoms with Crippen LogP contribution in [0.3, 0.4) is 0 Å². The van der Waals surface area contributed by atoms with Crippen LogP contribution in [0.15, 0.2) is 91.0 Å². The number of nitrogens with zero attached hydrogens (tertiary/aromatic N) is 2. The van der Waals surface area contributed by atoms with Gasteiger partial charge in [-0.3, -0.25) is 9.69 Å². The molecule has 3 nitrogen and oxygen atoms in total. The summed E-state index contributed by atoms with van der Waals surface area (Å²) in [6, 6.07) is 31.5. The molecular formula is C27H30N2O. The molecule has 0 bridgehead atoms. The van der Waals surface area contributed by atoms with Gasteiger partial charge in [-0.2, -0.15) is 0 Å². The fourth-order valence-electron chi connectivity index (χ4n) is 4.45. The lowest BCUT2D eigenvalue weighted by Crippen LogP contribution is -2.49. The highest BCUT2D eigenvalue weighted by Gasteiger charge is 2.27. The van der Waals surface area contributed by atoms with Gasteiger partial charge in [0.15, 0.2) is 5.78 Å². The SMILES string of the molecule is CC(CN1CCN(C(c2ccccc2)c2ccccc2)CC1)C(=O)c1ccccc1. The van der Waals surface area contributed by atoms with E-state index in [0.29, 0.717) is 0 Å². The summed E-state index contributed by atoms with van der Waals surface area (Å²) in [5.74, 6) is 0.252. The molecule has 3 heteroatoms. The minimum absolute atomic E-state index is 0.0120. The number of ketones is 1. The molecule has 1 aliphatic heterocycles. The maximum absolute atomic E-state index is 12.7. The monoisotopic (exact) mass is 398 g/mol. The van der Waals surface area contributed by atoms with Gasteiger partial charge in [-0.1, -0.05) is 97.9 Å². The van der Waals surface area contributed by atoms with Crippen molar-refractivity contribution in [1.29, 1.82) is 0 Å². The van der Waals surface area contributed by atoms with E-state index in [-0.39, 0.29) is 17.7 Å². The van der Waals surface area contributed by atoms with Crippen LogP contribution in [0.25, 0.3) is 0 Å². The Morgan fingerprint density at radius 2 is 1.20 bits per heavy atom.